The Labute approximate surface area is 779 Å². The van der Waals surface area contributed by atoms with Gasteiger partial charge in [-0.15, -0.1) is 58.7 Å². The first-order chi connectivity index (χ1) is 57.4. The van der Waals surface area contributed by atoms with E-state index in [0.29, 0.717) is 0 Å². The van der Waals surface area contributed by atoms with Crippen molar-refractivity contribution < 1.29 is 89.5 Å². The van der Waals surface area contributed by atoms with E-state index in [-0.39, 0.29) is 89.5 Å². The van der Waals surface area contributed by atoms with Crippen molar-refractivity contribution in [2.75, 3.05) is 24.6 Å². The fourth-order valence-corrected chi connectivity index (χ4v) is 28.8. The first kappa shape index (κ1) is 91.2. The van der Waals surface area contributed by atoms with Crippen molar-refractivity contribution in [1.29, 1.82) is 0 Å². The molecule has 0 atom stereocenters. The minimum Gasteiger partial charge on any atom is -0.366 e. The van der Waals surface area contributed by atoms with Crippen molar-refractivity contribution in [3.63, 3.8) is 0 Å². The smallest absolute Gasteiger partial charge is 0.366 e. The molecule has 16 aromatic carbocycles. The molecule has 120 heavy (non-hydrogen) atoms. The Bertz CT molecular complexity index is 5560. The van der Waals surface area contributed by atoms with Gasteiger partial charge in [0.2, 0.25) is 0 Å². The molecule has 0 saturated heterocycles. The number of fused-ring (bicyclic) bond motifs is 12. The van der Waals surface area contributed by atoms with Crippen LogP contribution >= 0.6 is 31.7 Å². The minimum absolute atomic E-state index is 0. The molecule has 0 bridgehead atoms. The van der Waals surface area contributed by atoms with Crippen molar-refractivity contribution in [3.05, 3.63) is 505 Å². The fourth-order valence-electron chi connectivity index (χ4n) is 16.4. The topological polar surface area (TPSA) is 0 Å². The molecule has 0 nitrogen and oxygen atoms in total. The van der Waals surface area contributed by atoms with Crippen LogP contribution in [0.25, 0.3) is 44.5 Å². The largest absolute Gasteiger partial charge is 1.00 e. The third-order valence-electron chi connectivity index (χ3n) is 22.0. The SMILES string of the molecule is [Au+].[Au+].[Au+].[Au+].[C-]#Cc1ccc2c(c1)-c1ccccc1C2.[C-]#Cc1ccc2c(c1)Cc1ccccc1-2.[C-]#Cc1cccc2c1-c1ccccc1C2.[C-]#Cc1cccc2c1-c1ccccc1C2.c1ccc([PH+](CC[PH+](c2ccccc2)c2ccccc2)c2ccccc2)cc1.c1ccc([PH+](CC[PH+](c2ccccc2)c2ccccc2)c2ccccc2)cc1. The fraction of sp³-hybridized carbons (Fsp3) is 0.0714. The van der Waals surface area contributed by atoms with Crippen LogP contribution in [0.15, 0.2) is 413 Å². The molecule has 0 amide bonds. The van der Waals surface area contributed by atoms with E-state index in [1.165, 1.54) is 156 Å². The number of hydrogen-bond donors (Lipinski definition) is 0. The second kappa shape index (κ2) is 46.5. The summed E-state index contributed by atoms with van der Waals surface area (Å²) < 4.78 is 0. The molecule has 0 unspecified atom stereocenters. The van der Waals surface area contributed by atoms with E-state index >= 15 is 0 Å². The maximum atomic E-state index is 7.30. The second-order valence-electron chi connectivity index (χ2n) is 29.1. The van der Waals surface area contributed by atoms with Gasteiger partial charge >= 0.3 is 89.5 Å². The van der Waals surface area contributed by atoms with E-state index in [4.69, 9.17) is 25.7 Å². The van der Waals surface area contributed by atoms with Gasteiger partial charge in [0.25, 0.3) is 0 Å². The van der Waals surface area contributed by atoms with E-state index in [9.17, 15) is 0 Å². The molecule has 16 aromatic rings. The molecule has 20 rings (SSSR count). The number of rotatable bonds is 14. The van der Waals surface area contributed by atoms with Crippen LogP contribution in [0.3, 0.4) is 0 Å². The Morgan fingerprint density at radius 3 is 0.717 bits per heavy atom. The maximum Gasteiger partial charge on any atom is 1.00 e. The van der Waals surface area contributed by atoms with Gasteiger partial charge in [-0.2, -0.15) is 0 Å². The molecule has 4 aliphatic rings. The van der Waals surface area contributed by atoms with Gasteiger partial charge in [-0.05, 0) is 184 Å². The van der Waals surface area contributed by atoms with Crippen LogP contribution in [-0.4, -0.2) is 24.6 Å². The zero-order valence-electron chi connectivity index (χ0n) is 66.1. The zero-order valence-corrected chi connectivity index (χ0v) is 78.8. The summed E-state index contributed by atoms with van der Waals surface area (Å²) in [4.78, 5) is 0. The van der Waals surface area contributed by atoms with Gasteiger partial charge in [0.1, 0.15) is 24.6 Å². The summed E-state index contributed by atoms with van der Waals surface area (Å²) in [6.45, 7) is 0. The van der Waals surface area contributed by atoms with Crippen LogP contribution in [0.5, 0.6) is 0 Å². The van der Waals surface area contributed by atoms with E-state index < -0.39 is 31.7 Å². The first-order valence-electron chi connectivity index (χ1n) is 39.8. The maximum absolute atomic E-state index is 7.30. The molecular weight excluding hydrogens is 2260 g/mol. The Hall–Kier alpha value is -9.56. The van der Waals surface area contributed by atoms with E-state index in [1.54, 1.807) is 0 Å². The normalized spacial score (nSPS) is 11.0. The van der Waals surface area contributed by atoms with Crippen molar-refractivity contribution >= 4 is 74.1 Å². The molecular formula is C112H88Au4P4+4. The summed E-state index contributed by atoms with van der Waals surface area (Å²) in [7, 11) is -3.13. The van der Waals surface area contributed by atoms with Crippen molar-refractivity contribution in [1.82, 2.24) is 0 Å². The van der Waals surface area contributed by atoms with Gasteiger partial charge in [0, 0.05) is 0 Å². The molecule has 0 fully saturated rings. The average molecular weight is 2350 g/mol. The van der Waals surface area contributed by atoms with E-state index in [1.807, 2.05) is 42.5 Å². The third-order valence-corrected chi connectivity index (χ3v) is 34.3. The summed E-state index contributed by atoms with van der Waals surface area (Å²) in [5, 5.41) is 12.1. The van der Waals surface area contributed by atoms with Crippen LogP contribution in [-0.2, 0) is 115 Å². The van der Waals surface area contributed by atoms with Gasteiger partial charge in [0.15, 0.2) is 0 Å². The van der Waals surface area contributed by atoms with E-state index in [0.717, 1.165) is 47.9 Å². The van der Waals surface area contributed by atoms with Crippen molar-refractivity contribution in [2.24, 2.45) is 0 Å². The number of hydrogen-bond acceptors (Lipinski definition) is 0. The quantitative estimate of drug-likeness (QED) is 0.0441. The van der Waals surface area contributed by atoms with Crippen LogP contribution < -0.4 is 42.4 Å². The van der Waals surface area contributed by atoms with Gasteiger partial charge in [-0.1, -0.05) is 307 Å². The van der Waals surface area contributed by atoms with Crippen LogP contribution in [0.1, 0.15) is 66.8 Å². The van der Waals surface area contributed by atoms with Gasteiger partial charge in [-0.25, -0.2) is 0 Å². The summed E-state index contributed by atoms with van der Waals surface area (Å²) in [6, 6.07) is 147. The predicted octanol–water partition coefficient (Wildman–Crippen LogP) is 22.2. The second-order valence-corrected chi connectivity index (χ2v) is 39.5. The molecule has 596 valence electrons. The molecule has 0 heterocycles. The van der Waals surface area contributed by atoms with Crippen LogP contribution in [0, 0.1) is 49.4 Å². The summed E-state index contributed by atoms with van der Waals surface area (Å²) in [6.07, 6.45) is 37.9. The summed E-state index contributed by atoms with van der Waals surface area (Å²) >= 11 is 0. The Morgan fingerprint density at radius 2 is 0.408 bits per heavy atom. The predicted molar refractivity (Wildman–Crippen MR) is 505 cm³/mol. The van der Waals surface area contributed by atoms with Crippen LogP contribution in [0.4, 0.5) is 0 Å². The van der Waals surface area contributed by atoms with Gasteiger partial charge in [0.05, 0.1) is 74.1 Å². The molecule has 0 spiro atoms. The Kier molecular flexibility index (Phi) is 35.3. The van der Waals surface area contributed by atoms with Crippen LogP contribution in [0.2, 0.25) is 0 Å². The Morgan fingerprint density at radius 1 is 0.183 bits per heavy atom. The minimum atomic E-state index is -0.783. The molecule has 0 aromatic heterocycles. The zero-order chi connectivity index (χ0) is 79.0. The van der Waals surface area contributed by atoms with Gasteiger partial charge < -0.3 is 25.7 Å². The molecule has 0 radical (unpaired) electrons. The molecule has 8 heteroatoms. The molecule has 0 saturated carbocycles. The standard InChI is InChI=1S/2C26H24P2.4C15H9.4Au/c2*1-5-13-23(14-6-1)27(24-15-7-2-8-16-24)21-22-28(25-17-9-3-10-18-25)26-19-11-4-12-20-26;2*1-2-11-7-5-8-13-10-12-6-3-4-9-14(12)15(11)13;1-2-11-7-8-15-13(9-11)10-12-5-3-4-6-14(12)15;1-2-11-7-8-13-10-12-5-3-4-6-14(12)15(13)9-11;;;;/h2*1-20H,21-22H2;4*3-9H,10H2;;;;/q;;4*-1;4*+1/p+4. The molecule has 0 aliphatic heterocycles. The average Bonchev–Trinajstić information content (AvgIpc) is 1.63. The first-order valence-corrected chi connectivity index (χ1v) is 46.6. The van der Waals surface area contributed by atoms with Gasteiger partial charge in [-0.3, -0.25) is 23.7 Å². The third kappa shape index (κ3) is 22.8. The van der Waals surface area contributed by atoms with Crippen molar-refractivity contribution in [2.45, 2.75) is 25.7 Å². The number of benzene rings is 16. The molecule has 0 N–H and O–H groups in total. The molecule has 4 aliphatic carbocycles. The van der Waals surface area contributed by atoms with E-state index in [2.05, 4.69) is 394 Å². The summed E-state index contributed by atoms with van der Waals surface area (Å²) in [5.41, 5.74) is 24.4. The monoisotopic (exact) mass is 2340 g/mol. The van der Waals surface area contributed by atoms with Crippen molar-refractivity contribution in [3.8, 4) is 68.2 Å². The Balaban J connectivity index is 0.000000143. The summed E-state index contributed by atoms with van der Waals surface area (Å²) in [5.74, 6) is 9.91.